The molecule has 0 spiro atoms. The number of hydrogen-bond donors (Lipinski definition) is 1. The van der Waals surface area contributed by atoms with Crippen LogP contribution in [0.25, 0.3) is 10.4 Å². The zero-order valence-electron chi connectivity index (χ0n) is 10.8. The van der Waals surface area contributed by atoms with Crippen LogP contribution in [0.3, 0.4) is 0 Å². The topological polar surface area (TPSA) is 87.1 Å². The predicted octanol–water partition coefficient (Wildman–Crippen LogP) is 3.61. The molecule has 1 aromatic rings. The van der Waals surface area contributed by atoms with Crippen LogP contribution in [0.15, 0.2) is 27.8 Å². The number of nitrogens with one attached hydrogen (secondary N) is 1. The highest BCUT2D eigenvalue weighted by Crippen LogP contribution is 2.26. The van der Waals surface area contributed by atoms with Gasteiger partial charge in [0, 0.05) is 22.5 Å². The van der Waals surface area contributed by atoms with Crippen molar-refractivity contribution in [3.05, 3.63) is 43.7 Å². The number of carbonyl (C=O) groups excluding carboxylic acids is 1. The molecule has 0 aliphatic heterocycles. The molecule has 0 heterocycles. The van der Waals surface area contributed by atoms with Crippen LogP contribution < -0.4 is 5.32 Å². The minimum absolute atomic E-state index is 0.251. The summed E-state index contributed by atoms with van der Waals surface area (Å²) in [5, 5.41) is 6.97. The summed E-state index contributed by atoms with van der Waals surface area (Å²) < 4.78 is 5.73. The lowest BCUT2D eigenvalue weighted by Crippen LogP contribution is -2.32. The first kappa shape index (κ1) is 16.8. The molecule has 8 heteroatoms. The second-order valence-electron chi connectivity index (χ2n) is 3.77. The van der Waals surface area contributed by atoms with Gasteiger partial charge in [-0.1, -0.05) is 22.8 Å². The van der Waals surface area contributed by atoms with E-state index in [-0.39, 0.29) is 12.5 Å². The van der Waals surface area contributed by atoms with Gasteiger partial charge in [-0.25, -0.2) is 4.79 Å². The SMILES string of the molecule is CCOC(=O)C(NCCN=[N+]=[N-])c1ccc(Cl)c(Br)c1. The number of esters is 1. The van der Waals surface area contributed by atoms with Crippen LogP contribution in [-0.4, -0.2) is 25.7 Å². The lowest BCUT2D eigenvalue weighted by molar-refractivity contribution is -0.145. The van der Waals surface area contributed by atoms with Crippen molar-refractivity contribution in [2.45, 2.75) is 13.0 Å². The Hall–Kier alpha value is -1.27. The molecule has 0 aliphatic rings. The molecular formula is C12H14BrClN4O2. The van der Waals surface area contributed by atoms with Gasteiger partial charge in [0.15, 0.2) is 0 Å². The molecule has 0 aliphatic carbocycles. The van der Waals surface area contributed by atoms with Crippen molar-refractivity contribution in [1.29, 1.82) is 0 Å². The van der Waals surface area contributed by atoms with Crippen LogP contribution in [0, 0.1) is 0 Å². The maximum absolute atomic E-state index is 12.0. The van der Waals surface area contributed by atoms with Gasteiger partial charge >= 0.3 is 5.97 Å². The van der Waals surface area contributed by atoms with E-state index in [1.165, 1.54) is 0 Å². The molecule has 1 aromatic carbocycles. The Morgan fingerprint density at radius 3 is 3.00 bits per heavy atom. The highest BCUT2D eigenvalue weighted by Gasteiger charge is 2.21. The van der Waals surface area contributed by atoms with E-state index in [0.717, 1.165) is 5.56 Å². The highest BCUT2D eigenvalue weighted by atomic mass is 79.9. The second-order valence-corrected chi connectivity index (χ2v) is 5.03. The van der Waals surface area contributed by atoms with Crippen molar-refractivity contribution in [1.82, 2.24) is 5.32 Å². The quantitative estimate of drug-likeness (QED) is 0.264. The second kappa shape index (κ2) is 8.81. The van der Waals surface area contributed by atoms with Crippen LogP contribution >= 0.6 is 27.5 Å². The molecule has 108 valence electrons. The van der Waals surface area contributed by atoms with Crippen molar-refractivity contribution >= 4 is 33.5 Å². The molecule has 0 radical (unpaired) electrons. The average molecular weight is 362 g/mol. The van der Waals surface area contributed by atoms with Crippen molar-refractivity contribution < 1.29 is 9.53 Å². The molecule has 1 unspecified atom stereocenters. The van der Waals surface area contributed by atoms with Gasteiger partial charge in [-0.05, 0) is 46.1 Å². The van der Waals surface area contributed by atoms with Crippen LogP contribution in [0.1, 0.15) is 18.5 Å². The van der Waals surface area contributed by atoms with Gasteiger partial charge in [-0.2, -0.15) is 0 Å². The number of azide groups is 1. The Bertz CT molecular complexity index is 520. The van der Waals surface area contributed by atoms with E-state index in [1.54, 1.807) is 25.1 Å². The van der Waals surface area contributed by atoms with Crippen LogP contribution in [0.4, 0.5) is 0 Å². The van der Waals surface area contributed by atoms with E-state index in [0.29, 0.717) is 22.6 Å². The Morgan fingerprint density at radius 1 is 1.65 bits per heavy atom. The largest absolute Gasteiger partial charge is 0.465 e. The summed E-state index contributed by atoms with van der Waals surface area (Å²) in [6.07, 6.45) is 0. The molecule has 0 bridgehead atoms. The summed E-state index contributed by atoms with van der Waals surface area (Å²) in [4.78, 5) is 14.6. The van der Waals surface area contributed by atoms with E-state index in [2.05, 4.69) is 31.3 Å². The minimum atomic E-state index is -0.627. The smallest absolute Gasteiger partial charge is 0.327 e. The summed E-state index contributed by atoms with van der Waals surface area (Å²) in [6.45, 7) is 2.66. The molecule has 0 aromatic heterocycles. The van der Waals surface area contributed by atoms with E-state index >= 15 is 0 Å². The van der Waals surface area contributed by atoms with Crippen LogP contribution in [-0.2, 0) is 9.53 Å². The van der Waals surface area contributed by atoms with Crippen molar-refractivity contribution in [2.24, 2.45) is 5.11 Å². The fraction of sp³-hybridized carbons (Fsp3) is 0.417. The van der Waals surface area contributed by atoms with E-state index in [4.69, 9.17) is 21.9 Å². The molecule has 1 rings (SSSR count). The average Bonchev–Trinajstić information content (AvgIpc) is 2.42. The predicted molar refractivity (Wildman–Crippen MR) is 80.5 cm³/mol. The number of ether oxygens (including phenoxy) is 1. The minimum Gasteiger partial charge on any atom is -0.465 e. The third-order valence-corrected chi connectivity index (χ3v) is 3.64. The van der Waals surface area contributed by atoms with Crippen molar-refractivity contribution in [2.75, 3.05) is 19.7 Å². The van der Waals surface area contributed by atoms with Gasteiger partial charge in [0.2, 0.25) is 0 Å². The van der Waals surface area contributed by atoms with Gasteiger partial charge in [-0.3, -0.25) is 0 Å². The van der Waals surface area contributed by atoms with Gasteiger partial charge in [0.1, 0.15) is 6.04 Å². The number of benzene rings is 1. The van der Waals surface area contributed by atoms with E-state index < -0.39 is 6.04 Å². The normalized spacial score (nSPS) is 11.6. The lowest BCUT2D eigenvalue weighted by atomic mass is 10.1. The van der Waals surface area contributed by atoms with Gasteiger partial charge in [-0.15, -0.1) is 0 Å². The molecule has 0 amide bonds. The maximum Gasteiger partial charge on any atom is 0.327 e. The van der Waals surface area contributed by atoms with Gasteiger partial charge in [0.05, 0.1) is 11.6 Å². The fourth-order valence-electron chi connectivity index (χ4n) is 1.56. The Morgan fingerprint density at radius 2 is 2.40 bits per heavy atom. The van der Waals surface area contributed by atoms with E-state index in [9.17, 15) is 4.79 Å². The summed E-state index contributed by atoms with van der Waals surface area (Å²) in [6, 6.07) is 4.57. The first-order valence-corrected chi connectivity index (χ1v) is 7.13. The number of halogens is 2. The standard InChI is InChI=1S/C12H14BrClN4O2/c1-2-20-12(19)11(16-5-6-17-18-15)8-3-4-10(14)9(13)7-8/h3-4,7,11,16H,2,5-6H2,1H3. The molecule has 1 N–H and O–H groups in total. The summed E-state index contributed by atoms with van der Waals surface area (Å²) in [5.41, 5.74) is 8.95. The number of nitrogens with zero attached hydrogens (tertiary/aromatic N) is 3. The van der Waals surface area contributed by atoms with Crippen LogP contribution in [0.5, 0.6) is 0 Å². The van der Waals surface area contributed by atoms with Crippen molar-refractivity contribution in [3.8, 4) is 0 Å². The Balaban J connectivity index is 2.87. The van der Waals surface area contributed by atoms with Gasteiger partial charge in [0.25, 0.3) is 0 Å². The van der Waals surface area contributed by atoms with Gasteiger partial charge < -0.3 is 10.1 Å². The third-order valence-electron chi connectivity index (χ3n) is 2.42. The van der Waals surface area contributed by atoms with Crippen molar-refractivity contribution in [3.63, 3.8) is 0 Å². The first-order chi connectivity index (χ1) is 9.60. The summed E-state index contributed by atoms with van der Waals surface area (Å²) in [7, 11) is 0. The monoisotopic (exact) mass is 360 g/mol. The Kier molecular flexibility index (Phi) is 7.40. The summed E-state index contributed by atoms with van der Waals surface area (Å²) in [5.74, 6) is -0.386. The third kappa shape index (κ3) is 5.02. The lowest BCUT2D eigenvalue weighted by Gasteiger charge is -2.17. The zero-order valence-corrected chi connectivity index (χ0v) is 13.2. The molecule has 0 fully saturated rings. The molecule has 0 saturated heterocycles. The Labute approximate surface area is 130 Å². The van der Waals surface area contributed by atoms with Crippen LogP contribution in [0.2, 0.25) is 5.02 Å². The molecular weight excluding hydrogens is 348 g/mol. The molecule has 0 saturated carbocycles. The number of rotatable bonds is 7. The maximum atomic E-state index is 12.0. The summed E-state index contributed by atoms with van der Waals surface area (Å²) >= 11 is 9.25. The first-order valence-electron chi connectivity index (χ1n) is 5.96. The number of carbonyl (C=O) groups is 1. The zero-order chi connectivity index (χ0) is 15.0. The fourth-order valence-corrected chi connectivity index (χ4v) is 2.07. The van der Waals surface area contributed by atoms with E-state index in [1.807, 2.05) is 0 Å². The molecule has 6 nitrogen and oxygen atoms in total. The number of hydrogen-bond acceptors (Lipinski definition) is 4. The molecule has 20 heavy (non-hydrogen) atoms. The molecule has 1 atom stereocenters. The highest BCUT2D eigenvalue weighted by molar-refractivity contribution is 9.10.